The molecular weight excluding hydrogens is 366 g/mol. The van der Waals surface area contributed by atoms with E-state index in [-0.39, 0.29) is 18.2 Å². The lowest BCUT2D eigenvalue weighted by molar-refractivity contribution is -0.126. The van der Waals surface area contributed by atoms with Gasteiger partial charge in [-0.1, -0.05) is 23.5 Å². The van der Waals surface area contributed by atoms with Crippen molar-refractivity contribution in [3.8, 4) is 0 Å². The lowest BCUT2D eigenvalue weighted by Crippen LogP contribution is -2.32. The number of aromatic amines is 1. The van der Waals surface area contributed by atoms with Crippen molar-refractivity contribution >= 4 is 39.2 Å². The molecule has 140 valence electrons. The van der Waals surface area contributed by atoms with E-state index in [4.69, 9.17) is 4.74 Å². The molecule has 2 amide bonds. The molecule has 2 N–H and O–H groups in total. The van der Waals surface area contributed by atoms with Crippen LogP contribution in [0.1, 0.15) is 17.0 Å². The minimum absolute atomic E-state index is 0.108. The van der Waals surface area contributed by atoms with Crippen LogP contribution in [0.2, 0.25) is 0 Å². The second-order valence-electron chi connectivity index (χ2n) is 6.39. The van der Waals surface area contributed by atoms with Crippen molar-refractivity contribution in [3.63, 3.8) is 0 Å². The molecule has 8 nitrogen and oxygen atoms in total. The first-order chi connectivity index (χ1) is 13.2. The number of hydrogen-bond donors (Lipinski definition) is 2. The molecule has 3 heterocycles. The number of nitrogens with one attached hydrogen (secondary N) is 2. The summed E-state index contributed by atoms with van der Waals surface area (Å²) in [4.78, 5) is 29.6. The standard InChI is InChI=1S/C18H19N5O3S/c1-26-10-15-21-22-18(27-15)23-9-12(7-16(23)24)17(25)20-8-11-3-2-4-14-13(11)5-6-19-14/h2-6,12,19H,7-10H2,1H3,(H,20,25). The van der Waals surface area contributed by atoms with Crippen LogP contribution < -0.4 is 10.2 Å². The van der Waals surface area contributed by atoms with Gasteiger partial charge in [0.05, 0.1) is 5.92 Å². The fraction of sp³-hybridized carbons (Fsp3) is 0.333. The number of rotatable bonds is 6. The molecule has 0 saturated carbocycles. The molecular formula is C18H19N5O3S. The third-order valence-electron chi connectivity index (χ3n) is 4.59. The van der Waals surface area contributed by atoms with E-state index in [2.05, 4.69) is 20.5 Å². The Labute approximate surface area is 159 Å². The van der Waals surface area contributed by atoms with Crippen molar-refractivity contribution in [1.29, 1.82) is 0 Å². The number of amides is 2. The van der Waals surface area contributed by atoms with Gasteiger partial charge in [-0.15, -0.1) is 10.2 Å². The Morgan fingerprint density at radius 1 is 1.41 bits per heavy atom. The van der Waals surface area contributed by atoms with Crippen molar-refractivity contribution in [2.24, 2.45) is 5.92 Å². The van der Waals surface area contributed by atoms with Gasteiger partial charge in [-0.2, -0.15) is 0 Å². The molecule has 1 aromatic carbocycles. The summed E-state index contributed by atoms with van der Waals surface area (Å²) < 4.78 is 5.03. The lowest BCUT2D eigenvalue weighted by atomic mass is 10.1. The number of hydrogen-bond acceptors (Lipinski definition) is 6. The topological polar surface area (TPSA) is 100 Å². The molecule has 1 atom stereocenters. The Morgan fingerprint density at radius 2 is 2.30 bits per heavy atom. The summed E-state index contributed by atoms with van der Waals surface area (Å²) in [7, 11) is 1.58. The number of methoxy groups -OCH3 is 1. The first-order valence-corrected chi connectivity index (χ1v) is 9.41. The molecule has 1 unspecified atom stereocenters. The molecule has 27 heavy (non-hydrogen) atoms. The molecule has 3 aromatic rings. The molecule has 0 bridgehead atoms. The maximum Gasteiger partial charge on any atom is 0.229 e. The number of anilines is 1. The molecule has 1 aliphatic rings. The van der Waals surface area contributed by atoms with Crippen LogP contribution in [0, 0.1) is 5.92 Å². The van der Waals surface area contributed by atoms with E-state index in [1.54, 1.807) is 7.11 Å². The Kier molecular flexibility index (Phi) is 4.87. The number of fused-ring (bicyclic) bond motifs is 1. The number of H-pyrrole nitrogens is 1. The first-order valence-electron chi connectivity index (χ1n) is 8.60. The smallest absolute Gasteiger partial charge is 0.229 e. The number of nitrogens with zero attached hydrogens (tertiary/aromatic N) is 3. The highest BCUT2D eigenvalue weighted by atomic mass is 32.1. The number of ether oxygens (including phenoxy) is 1. The molecule has 2 aromatic heterocycles. The van der Waals surface area contributed by atoms with Gasteiger partial charge >= 0.3 is 0 Å². The Morgan fingerprint density at radius 3 is 3.15 bits per heavy atom. The molecule has 0 radical (unpaired) electrons. The highest BCUT2D eigenvalue weighted by Gasteiger charge is 2.36. The predicted molar refractivity (Wildman–Crippen MR) is 101 cm³/mol. The highest BCUT2D eigenvalue weighted by molar-refractivity contribution is 7.15. The van der Waals surface area contributed by atoms with E-state index in [0.717, 1.165) is 16.5 Å². The number of carbonyl (C=O) groups is 2. The third-order valence-corrected chi connectivity index (χ3v) is 5.51. The molecule has 4 rings (SSSR count). The van der Waals surface area contributed by atoms with Crippen molar-refractivity contribution in [1.82, 2.24) is 20.5 Å². The monoisotopic (exact) mass is 385 g/mol. The minimum atomic E-state index is -0.391. The number of aromatic nitrogens is 3. The second-order valence-corrected chi connectivity index (χ2v) is 7.43. The molecule has 0 aliphatic carbocycles. The normalized spacial score (nSPS) is 17.0. The van der Waals surface area contributed by atoms with Gasteiger partial charge in [-0.3, -0.25) is 14.5 Å². The fourth-order valence-electron chi connectivity index (χ4n) is 3.24. The summed E-state index contributed by atoms with van der Waals surface area (Å²) >= 11 is 1.31. The Hall–Kier alpha value is -2.78. The Balaban J connectivity index is 1.39. The van der Waals surface area contributed by atoms with Crippen LogP contribution in [0.25, 0.3) is 10.9 Å². The van der Waals surface area contributed by atoms with E-state index < -0.39 is 5.92 Å². The zero-order valence-corrected chi connectivity index (χ0v) is 15.6. The van der Waals surface area contributed by atoms with Gasteiger partial charge in [0.25, 0.3) is 0 Å². The quantitative estimate of drug-likeness (QED) is 0.674. The van der Waals surface area contributed by atoms with E-state index >= 15 is 0 Å². The second kappa shape index (κ2) is 7.45. The third kappa shape index (κ3) is 3.56. The summed E-state index contributed by atoms with van der Waals surface area (Å²) in [6.45, 7) is 1.10. The largest absolute Gasteiger partial charge is 0.377 e. The van der Waals surface area contributed by atoms with Crippen LogP contribution in [-0.2, 0) is 27.5 Å². The van der Waals surface area contributed by atoms with E-state index in [1.165, 1.54) is 16.2 Å². The van der Waals surface area contributed by atoms with Crippen LogP contribution in [0.5, 0.6) is 0 Å². The van der Waals surface area contributed by atoms with Gasteiger partial charge in [-0.05, 0) is 17.7 Å². The Bertz CT molecular complexity index is 982. The van der Waals surface area contributed by atoms with Gasteiger partial charge in [-0.25, -0.2) is 0 Å². The summed E-state index contributed by atoms with van der Waals surface area (Å²) in [6, 6.07) is 7.92. The van der Waals surface area contributed by atoms with Gasteiger partial charge in [0.15, 0.2) is 0 Å². The van der Waals surface area contributed by atoms with E-state index in [0.29, 0.717) is 29.8 Å². The fourth-order valence-corrected chi connectivity index (χ4v) is 4.07. The number of carbonyl (C=O) groups excluding carboxylic acids is 2. The van der Waals surface area contributed by atoms with E-state index in [9.17, 15) is 9.59 Å². The van der Waals surface area contributed by atoms with Gasteiger partial charge in [0.1, 0.15) is 11.6 Å². The zero-order valence-electron chi connectivity index (χ0n) is 14.8. The lowest BCUT2D eigenvalue weighted by Gasteiger charge is -2.13. The zero-order chi connectivity index (χ0) is 18.8. The van der Waals surface area contributed by atoms with Crippen LogP contribution in [0.3, 0.4) is 0 Å². The van der Waals surface area contributed by atoms with Crippen LogP contribution in [-0.4, -0.2) is 40.7 Å². The molecule has 1 saturated heterocycles. The van der Waals surface area contributed by atoms with Crippen LogP contribution in [0.4, 0.5) is 5.13 Å². The summed E-state index contributed by atoms with van der Waals surface area (Å²) in [5, 5.41) is 13.3. The average molecular weight is 385 g/mol. The maximum absolute atomic E-state index is 12.6. The van der Waals surface area contributed by atoms with Crippen molar-refractivity contribution < 1.29 is 14.3 Å². The van der Waals surface area contributed by atoms with Crippen molar-refractivity contribution in [3.05, 3.63) is 41.0 Å². The van der Waals surface area contributed by atoms with Gasteiger partial charge < -0.3 is 15.0 Å². The summed E-state index contributed by atoms with van der Waals surface area (Å²) in [5.41, 5.74) is 2.07. The minimum Gasteiger partial charge on any atom is -0.377 e. The van der Waals surface area contributed by atoms with Crippen molar-refractivity contribution in [2.75, 3.05) is 18.6 Å². The SMILES string of the molecule is COCc1nnc(N2CC(C(=O)NCc3cccc4[nH]ccc34)CC2=O)s1. The van der Waals surface area contributed by atoms with Gasteiger partial charge in [0.2, 0.25) is 16.9 Å². The highest BCUT2D eigenvalue weighted by Crippen LogP contribution is 2.28. The molecule has 1 fully saturated rings. The van der Waals surface area contributed by atoms with Crippen LogP contribution in [0.15, 0.2) is 30.5 Å². The number of benzene rings is 1. The average Bonchev–Trinajstić information content (AvgIpc) is 3.39. The van der Waals surface area contributed by atoms with E-state index in [1.807, 2.05) is 30.5 Å². The van der Waals surface area contributed by atoms with Gasteiger partial charge in [0, 0.05) is 43.7 Å². The summed E-state index contributed by atoms with van der Waals surface area (Å²) in [6.07, 6.45) is 2.06. The van der Waals surface area contributed by atoms with Crippen LogP contribution >= 0.6 is 11.3 Å². The first kappa shape index (κ1) is 17.6. The maximum atomic E-state index is 12.6. The predicted octanol–water partition coefficient (Wildman–Crippen LogP) is 1.84. The van der Waals surface area contributed by atoms with Crippen molar-refractivity contribution in [2.45, 2.75) is 19.6 Å². The molecule has 1 aliphatic heterocycles. The molecule has 0 spiro atoms. The summed E-state index contributed by atoms with van der Waals surface area (Å²) in [5.74, 6) is -0.624. The molecule has 9 heteroatoms.